The van der Waals surface area contributed by atoms with E-state index in [0.717, 1.165) is 16.9 Å². The number of nitrogens with zero attached hydrogens (tertiary/aromatic N) is 1. The second kappa shape index (κ2) is 5.81. The maximum absolute atomic E-state index is 12.1. The molecule has 0 unspecified atom stereocenters. The molecule has 3 rings (SSSR count). The summed E-state index contributed by atoms with van der Waals surface area (Å²) >= 11 is 1.20. The molecular formula is C15H16N2O3S2. The van der Waals surface area contributed by atoms with Crippen LogP contribution in [0.15, 0.2) is 40.9 Å². The molecule has 0 aromatic carbocycles. The lowest BCUT2D eigenvalue weighted by atomic mass is 10.1. The molecule has 22 heavy (non-hydrogen) atoms. The van der Waals surface area contributed by atoms with E-state index in [4.69, 9.17) is 0 Å². The van der Waals surface area contributed by atoms with Crippen LogP contribution in [0.3, 0.4) is 0 Å². The summed E-state index contributed by atoms with van der Waals surface area (Å²) in [6, 6.07) is 7.21. The van der Waals surface area contributed by atoms with Crippen molar-refractivity contribution in [2.75, 3.05) is 6.26 Å². The molecule has 1 aliphatic rings. The monoisotopic (exact) mass is 336 g/mol. The molecular weight excluding hydrogens is 320 g/mol. The highest BCUT2D eigenvalue weighted by Crippen LogP contribution is 2.47. The smallest absolute Gasteiger partial charge is 0.224 e. The van der Waals surface area contributed by atoms with E-state index in [9.17, 15) is 13.2 Å². The van der Waals surface area contributed by atoms with Gasteiger partial charge in [0.25, 0.3) is 0 Å². The van der Waals surface area contributed by atoms with Crippen LogP contribution >= 0.6 is 11.3 Å². The van der Waals surface area contributed by atoms with Gasteiger partial charge in [-0.3, -0.25) is 9.78 Å². The predicted molar refractivity (Wildman–Crippen MR) is 84.4 cm³/mol. The van der Waals surface area contributed by atoms with Crippen molar-refractivity contribution < 1.29 is 13.2 Å². The second-order valence-electron chi connectivity index (χ2n) is 5.44. The fourth-order valence-corrected chi connectivity index (χ4v) is 4.34. The average molecular weight is 336 g/mol. The van der Waals surface area contributed by atoms with Crippen molar-refractivity contribution in [3.63, 3.8) is 0 Å². The van der Waals surface area contributed by atoms with Crippen LogP contribution in [0.5, 0.6) is 0 Å². The van der Waals surface area contributed by atoms with Gasteiger partial charge in [0, 0.05) is 29.4 Å². The summed E-state index contributed by atoms with van der Waals surface area (Å²) in [5.74, 6) is 0.311. The molecule has 2 atom stereocenters. The van der Waals surface area contributed by atoms with Gasteiger partial charge in [-0.2, -0.15) is 0 Å². The van der Waals surface area contributed by atoms with Crippen LogP contribution in [0, 0.1) is 5.92 Å². The first-order valence-corrected chi connectivity index (χ1v) is 9.62. The minimum Gasteiger partial charge on any atom is -0.351 e. The number of hydrogen-bond acceptors (Lipinski definition) is 5. The first-order chi connectivity index (χ1) is 10.4. The molecule has 2 aromatic rings. The molecule has 116 valence electrons. The number of hydrogen-bond donors (Lipinski definition) is 1. The molecule has 2 heterocycles. The Morgan fingerprint density at radius 3 is 2.68 bits per heavy atom. The molecule has 1 amide bonds. The summed E-state index contributed by atoms with van der Waals surface area (Å²) in [4.78, 5) is 16.9. The van der Waals surface area contributed by atoms with Crippen molar-refractivity contribution in [3.8, 4) is 0 Å². The summed E-state index contributed by atoms with van der Waals surface area (Å²) in [6.07, 6.45) is 5.52. The van der Waals surface area contributed by atoms with Crippen LogP contribution in [0.25, 0.3) is 0 Å². The van der Waals surface area contributed by atoms with E-state index in [-0.39, 0.29) is 17.7 Å². The number of carbonyl (C=O) groups is 1. The van der Waals surface area contributed by atoms with E-state index in [1.165, 1.54) is 17.6 Å². The number of sulfone groups is 1. The Labute approximate surface area is 133 Å². The number of rotatable bonds is 5. The number of pyridine rings is 1. The number of thiophene rings is 1. The Morgan fingerprint density at radius 1 is 1.32 bits per heavy atom. The third kappa shape index (κ3) is 3.36. The van der Waals surface area contributed by atoms with Crippen molar-refractivity contribution in [2.45, 2.75) is 23.1 Å². The van der Waals surface area contributed by atoms with Crippen LogP contribution in [0.4, 0.5) is 0 Å². The van der Waals surface area contributed by atoms with E-state index in [1.807, 2.05) is 12.1 Å². The number of carbonyl (C=O) groups excluding carboxylic acids is 1. The third-order valence-electron chi connectivity index (χ3n) is 3.70. The zero-order valence-electron chi connectivity index (χ0n) is 12.0. The van der Waals surface area contributed by atoms with E-state index in [0.29, 0.717) is 10.8 Å². The van der Waals surface area contributed by atoms with Crippen molar-refractivity contribution in [2.24, 2.45) is 5.92 Å². The summed E-state index contributed by atoms with van der Waals surface area (Å²) in [5, 5.41) is 2.89. The van der Waals surface area contributed by atoms with Gasteiger partial charge in [-0.15, -0.1) is 11.3 Å². The lowest BCUT2D eigenvalue weighted by molar-refractivity contribution is -0.122. The van der Waals surface area contributed by atoms with Crippen LogP contribution in [0.2, 0.25) is 0 Å². The maximum atomic E-state index is 12.1. The first kappa shape index (κ1) is 15.2. The van der Waals surface area contributed by atoms with Crippen LogP contribution in [0.1, 0.15) is 22.8 Å². The van der Waals surface area contributed by atoms with E-state index in [1.54, 1.807) is 24.5 Å². The van der Waals surface area contributed by atoms with Gasteiger partial charge in [0.1, 0.15) is 4.21 Å². The molecule has 7 heteroatoms. The highest BCUT2D eigenvalue weighted by atomic mass is 32.2. The van der Waals surface area contributed by atoms with Gasteiger partial charge >= 0.3 is 0 Å². The van der Waals surface area contributed by atoms with Gasteiger partial charge in [0.05, 0.1) is 6.54 Å². The quantitative estimate of drug-likeness (QED) is 0.906. The Kier molecular flexibility index (Phi) is 4.01. The molecule has 2 aromatic heterocycles. The minimum atomic E-state index is -3.17. The molecule has 0 radical (unpaired) electrons. The molecule has 1 aliphatic carbocycles. The first-order valence-electron chi connectivity index (χ1n) is 6.91. The standard InChI is InChI=1S/C15H16N2O3S2/c1-22(19,20)14-3-2-11(21-14)9-17-15(18)13-8-12(13)10-4-6-16-7-5-10/h2-7,12-13H,8-9H2,1H3,(H,17,18)/t12-,13+/m0/s1. The largest absolute Gasteiger partial charge is 0.351 e. The fraction of sp³-hybridized carbons (Fsp3) is 0.333. The Bertz CT molecular complexity index is 784. The van der Waals surface area contributed by atoms with Crippen molar-refractivity contribution in [3.05, 3.63) is 47.1 Å². The molecule has 0 bridgehead atoms. The van der Waals surface area contributed by atoms with Crippen LogP contribution in [-0.2, 0) is 21.2 Å². The Morgan fingerprint density at radius 2 is 2.05 bits per heavy atom. The molecule has 1 fully saturated rings. The Balaban J connectivity index is 1.55. The Hall–Kier alpha value is -1.73. The highest BCUT2D eigenvalue weighted by molar-refractivity contribution is 7.92. The van der Waals surface area contributed by atoms with Gasteiger partial charge in [0.15, 0.2) is 9.84 Å². The number of amides is 1. The second-order valence-corrected chi connectivity index (χ2v) is 8.85. The van der Waals surface area contributed by atoms with Gasteiger partial charge in [-0.1, -0.05) is 0 Å². The zero-order valence-corrected chi connectivity index (χ0v) is 13.7. The van der Waals surface area contributed by atoms with Crippen molar-refractivity contribution >= 4 is 27.1 Å². The van der Waals surface area contributed by atoms with Gasteiger partial charge in [-0.25, -0.2) is 8.42 Å². The molecule has 5 nitrogen and oxygen atoms in total. The van der Waals surface area contributed by atoms with Gasteiger partial charge < -0.3 is 5.32 Å². The normalized spacial score (nSPS) is 20.6. The number of aromatic nitrogens is 1. The SMILES string of the molecule is CS(=O)(=O)c1ccc(CNC(=O)[C@@H]2C[C@H]2c2ccncc2)s1. The topological polar surface area (TPSA) is 76.1 Å². The summed E-state index contributed by atoms with van der Waals surface area (Å²) in [7, 11) is -3.17. The fourth-order valence-electron chi connectivity index (χ4n) is 2.42. The predicted octanol–water partition coefficient (Wildman–Crippen LogP) is 1.97. The van der Waals surface area contributed by atoms with E-state index in [2.05, 4.69) is 10.3 Å². The van der Waals surface area contributed by atoms with E-state index >= 15 is 0 Å². The summed E-state index contributed by atoms with van der Waals surface area (Å²) in [6.45, 7) is 0.374. The average Bonchev–Trinajstić information content (AvgIpc) is 3.14. The lowest BCUT2D eigenvalue weighted by Crippen LogP contribution is -2.24. The lowest BCUT2D eigenvalue weighted by Gasteiger charge is -2.03. The van der Waals surface area contributed by atoms with Crippen molar-refractivity contribution in [1.82, 2.24) is 10.3 Å². The van der Waals surface area contributed by atoms with Gasteiger partial charge in [-0.05, 0) is 42.2 Å². The molecule has 0 saturated heterocycles. The molecule has 1 saturated carbocycles. The van der Waals surface area contributed by atoms with Crippen molar-refractivity contribution in [1.29, 1.82) is 0 Å². The zero-order chi connectivity index (χ0) is 15.7. The summed E-state index contributed by atoms with van der Waals surface area (Å²) < 4.78 is 23.2. The molecule has 0 aliphatic heterocycles. The third-order valence-corrected chi connectivity index (χ3v) is 6.61. The maximum Gasteiger partial charge on any atom is 0.224 e. The highest BCUT2D eigenvalue weighted by Gasteiger charge is 2.43. The minimum absolute atomic E-state index is 0.0109. The molecule has 1 N–H and O–H groups in total. The van der Waals surface area contributed by atoms with Crippen LogP contribution < -0.4 is 5.32 Å². The van der Waals surface area contributed by atoms with Gasteiger partial charge in [0.2, 0.25) is 5.91 Å². The summed E-state index contributed by atoms with van der Waals surface area (Å²) in [5.41, 5.74) is 1.14. The number of nitrogens with one attached hydrogen (secondary N) is 1. The van der Waals surface area contributed by atoms with E-state index < -0.39 is 9.84 Å². The van der Waals surface area contributed by atoms with Crippen LogP contribution in [-0.4, -0.2) is 25.6 Å². The molecule has 0 spiro atoms.